The van der Waals surface area contributed by atoms with Gasteiger partial charge in [-0.15, -0.1) is 0 Å². The van der Waals surface area contributed by atoms with Crippen molar-refractivity contribution in [3.8, 4) is 17.2 Å². The van der Waals surface area contributed by atoms with Gasteiger partial charge in [-0.25, -0.2) is 0 Å². The predicted molar refractivity (Wildman–Crippen MR) is 60.1 cm³/mol. The summed E-state index contributed by atoms with van der Waals surface area (Å²) in [7, 11) is 4.33. The van der Waals surface area contributed by atoms with Crippen molar-refractivity contribution in [3.05, 3.63) is 17.7 Å². The molecule has 0 bridgehead atoms. The van der Waals surface area contributed by atoms with E-state index < -0.39 is 5.78 Å². The molecule has 0 heterocycles. The van der Waals surface area contributed by atoms with Crippen LogP contribution in [0.15, 0.2) is 12.1 Å². The van der Waals surface area contributed by atoms with E-state index in [1.807, 2.05) is 0 Å². The summed E-state index contributed by atoms with van der Waals surface area (Å²) in [5.41, 5.74) is 0.199. The van der Waals surface area contributed by atoms with Crippen LogP contribution in [0, 0.1) is 0 Å². The van der Waals surface area contributed by atoms with Crippen LogP contribution in [0.1, 0.15) is 10.4 Å². The lowest BCUT2D eigenvalue weighted by molar-refractivity contribution is -0.104. The van der Waals surface area contributed by atoms with Crippen molar-refractivity contribution in [1.82, 2.24) is 0 Å². The van der Waals surface area contributed by atoms with Crippen molar-refractivity contribution < 1.29 is 29.3 Å². The average molecular weight is 242 g/mol. The first-order valence-electron chi connectivity index (χ1n) is 4.47. The zero-order valence-electron chi connectivity index (χ0n) is 9.77. The van der Waals surface area contributed by atoms with Crippen molar-refractivity contribution in [2.24, 2.45) is 0 Å². The minimum Gasteiger partial charge on any atom is -0.493 e. The fraction of sp³-hybridized carbons (Fsp3) is 0.273. The summed E-state index contributed by atoms with van der Waals surface area (Å²) in [5.74, 6) is 0.422. The Labute approximate surface area is 98.4 Å². The van der Waals surface area contributed by atoms with E-state index >= 15 is 0 Å². The number of hydrogen-bond acceptors (Lipinski definition) is 5. The molecule has 1 aromatic rings. The van der Waals surface area contributed by atoms with Crippen molar-refractivity contribution >= 4 is 12.1 Å². The molecule has 17 heavy (non-hydrogen) atoms. The number of aldehydes is 1. The van der Waals surface area contributed by atoms with E-state index in [0.29, 0.717) is 17.2 Å². The smallest absolute Gasteiger partial charge is 0.225 e. The van der Waals surface area contributed by atoms with Gasteiger partial charge in [0.1, 0.15) is 0 Å². The average Bonchev–Trinajstić information content (AvgIpc) is 2.35. The molecule has 0 amide bonds. The summed E-state index contributed by atoms with van der Waals surface area (Å²) >= 11 is 0. The van der Waals surface area contributed by atoms with Crippen molar-refractivity contribution in [3.63, 3.8) is 0 Å². The minimum absolute atomic E-state index is 0. The number of ether oxygens (including phenoxy) is 3. The third-order valence-electron chi connectivity index (χ3n) is 2.06. The Kier molecular flexibility index (Phi) is 5.70. The Bertz CT molecular complexity index is 387. The third kappa shape index (κ3) is 2.94. The SMILES string of the molecule is COc1cc(C(=O)C=O)cc(OC)c1OC.O. The Morgan fingerprint density at radius 3 is 1.82 bits per heavy atom. The second kappa shape index (κ2) is 6.49. The Morgan fingerprint density at radius 1 is 1.06 bits per heavy atom. The van der Waals surface area contributed by atoms with Gasteiger partial charge in [0, 0.05) is 5.56 Å². The second-order valence-corrected chi connectivity index (χ2v) is 2.90. The summed E-state index contributed by atoms with van der Waals surface area (Å²) < 4.78 is 15.2. The van der Waals surface area contributed by atoms with Gasteiger partial charge in [-0.05, 0) is 12.1 Å². The van der Waals surface area contributed by atoms with Gasteiger partial charge in [0.05, 0.1) is 21.3 Å². The molecular formula is C11H14O6. The molecule has 6 nitrogen and oxygen atoms in total. The zero-order chi connectivity index (χ0) is 12.1. The molecule has 0 radical (unpaired) electrons. The fourth-order valence-corrected chi connectivity index (χ4v) is 1.29. The number of carbonyl (C=O) groups excluding carboxylic acids is 2. The number of Topliss-reactive ketones (excluding diaryl/α,β-unsaturated/α-hetero) is 1. The molecule has 6 heteroatoms. The number of benzene rings is 1. The van der Waals surface area contributed by atoms with Crippen LogP contribution in [0.25, 0.3) is 0 Å². The van der Waals surface area contributed by atoms with Crippen LogP contribution in [0.5, 0.6) is 17.2 Å². The summed E-state index contributed by atoms with van der Waals surface area (Å²) in [6.07, 6.45) is 0.237. The van der Waals surface area contributed by atoms with Crippen molar-refractivity contribution in [1.29, 1.82) is 0 Å². The van der Waals surface area contributed by atoms with Crippen LogP contribution < -0.4 is 14.2 Å². The molecule has 2 N–H and O–H groups in total. The lowest BCUT2D eigenvalue weighted by Gasteiger charge is -2.12. The van der Waals surface area contributed by atoms with Gasteiger partial charge in [-0.3, -0.25) is 9.59 Å². The molecule has 0 aliphatic heterocycles. The largest absolute Gasteiger partial charge is 0.493 e. The predicted octanol–water partition coefficient (Wildman–Crippen LogP) is 0.269. The third-order valence-corrected chi connectivity index (χ3v) is 2.06. The maximum atomic E-state index is 11.2. The number of rotatable bonds is 5. The van der Waals surface area contributed by atoms with Gasteiger partial charge in [0.2, 0.25) is 11.5 Å². The standard InChI is InChI=1S/C11H12O5.H2O/c1-14-9-4-7(8(13)6-12)5-10(15-2)11(9)16-3;/h4-6H,1-3H3;1H2. The van der Waals surface area contributed by atoms with Gasteiger partial charge < -0.3 is 19.7 Å². The van der Waals surface area contributed by atoms with Gasteiger partial charge in [-0.2, -0.15) is 0 Å². The topological polar surface area (TPSA) is 93.3 Å². The van der Waals surface area contributed by atoms with E-state index in [-0.39, 0.29) is 17.3 Å². The second-order valence-electron chi connectivity index (χ2n) is 2.90. The first-order chi connectivity index (χ1) is 7.67. The monoisotopic (exact) mass is 242 g/mol. The van der Waals surface area contributed by atoms with E-state index in [4.69, 9.17) is 14.2 Å². The molecule has 0 aromatic heterocycles. The van der Waals surface area contributed by atoms with Crippen LogP contribution >= 0.6 is 0 Å². The molecule has 0 saturated heterocycles. The summed E-state index contributed by atoms with van der Waals surface area (Å²) in [5, 5.41) is 0. The van der Waals surface area contributed by atoms with Gasteiger partial charge in [-0.1, -0.05) is 0 Å². The number of carbonyl (C=O) groups is 2. The molecular weight excluding hydrogens is 228 g/mol. The van der Waals surface area contributed by atoms with E-state index in [1.54, 1.807) is 0 Å². The first-order valence-corrected chi connectivity index (χ1v) is 4.47. The van der Waals surface area contributed by atoms with Crippen LogP contribution in [0.2, 0.25) is 0 Å². The van der Waals surface area contributed by atoms with Crippen LogP contribution in [-0.2, 0) is 4.79 Å². The summed E-state index contributed by atoms with van der Waals surface area (Å²) in [6.45, 7) is 0. The quantitative estimate of drug-likeness (QED) is 0.419. The number of hydrogen-bond donors (Lipinski definition) is 0. The molecule has 0 spiro atoms. The Morgan fingerprint density at radius 2 is 1.53 bits per heavy atom. The molecule has 0 atom stereocenters. The maximum absolute atomic E-state index is 11.2. The maximum Gasteiger partial charge on any atom is 0.225 e. The molecule has 94 valence electrons. The van der Waals surface area contributed by atoms with Crippen LogP contribution in [-0.4, -0.2) is 38.9 Å². The first kappa shape index (κ1) is 14.9. The molecule has 0 saturated carbocycles. The van der Waals surface area contributed by atoms with E-state index in [9.17, 15) is 9.59 Å². The summed E-state index contributed by atoms with van der Waals surface area (Å²) in [6, 6.07) is 2.86. The fourth-order valence-electron chi connectivity index (χ4n) is 1.29. The van der Waals surface area contributed by atoms with E-state index in [1.165, 1.54) is 33.5 Å². The van der Waals surface area contributed by atoms with Gasteiger partial charge in [0.25, 0.3) is 0 Å². The molecule has 1 rings (SSSR count). The lowest BCUT2D eigenvalue weighted by atomic mass is 10.1. The van der Waals surface area contributed by atoms with Crippen molar-refractivity contribution in [2.75, 3.05) is 21.3 Å². The molecule has 0 fully saturated rings. The highest BCUT2D eigenvalue weighted by Gasteiger charge is 2.16. The van der Waals surface area contributed by atoms with Crippen molar-refractivity contribution in [2.45, 2.75) is 0 Å². The molecule has 0 aliphatic carbocycles. The Balaban J connectivity index is 0.00000256. The van der Waals surface area contributed by atoms with Gasteiger partial charge in [0.15, 0.2) is 17.8 Å². The highest BCUT2D eigenvalue weighted by atomic mass is 16.5. The molecule has 0 unspecified atom stereocenters. The molecule has 0 aliphatic rings. The van der Waals surface area contributed by atoms with Crippen LogP contribution in [0.3, 0.4) is 0 Å². The van der Waals surface area contributed by atoms with Crippen LogP contribution in [0.4, 0.5) is 0 Å². The zero-order valence-corrected chi connectivity index (χ0v) is 9.77. The number of ketones is 1. The lowest BCUT2D eigenvalue weighted by Crippen LogP contribution is -2.03. The normalized spacial score (nSPS) is 8.88. The van der Waals surface area contributed by atoms with E-state index in [2.05, 4.69) is 0 Å². The summed E-state index contributed by atoms with van der Waals surface area (Å²) in [4.78, 5) is 21.6. The Hall–Kier alpha value is -2.08. The molecule has 1 aromatic carbocycles. The number of methoxy groups -OCH3 is 3. The van der Waals surface area contributed by atoms with E-state index in [0.717, 1.165) is 0 Å². The highest BCUT2D eigenvalue weighted by Crippen LogP contribution is 2.38. The minimum atomic E-state index is -0.640. The highest BCUT2D eigenvalue weighted by molar-refractivity contribution is 6.33. The van der Waals surface area contributed by atoms with Gasteiger partial charge >= 0.3 is 0 Å².